The number of rotatable bonds is 5. The molecular formula is C20H20N2OS. The Labute approximate surface area is 146 Å². The number of carbonyl (C=O) groups is 1. The van der Waals surface area contributed by atoms with Crippen LogP contribution < -0.4 is 5.32 Å². The van der Waals surface area contributed by atoms with E-state index in [1.807, 2.05) is 24.3 Å². The summed E-state index contributed by atoms with van der Waals surface area (Å²) in [7, 11) is 0. The van der Waals surface area contributed by atoms with Gasteiger partial charge in [0, 0.05) is 22.2 Å². The van der Waals surface area contributed by atoms with E-state index in [9.17, 15) is 4.79 Å². The Morgan fingerprint density at radius 3 is 2.29 bits per heavy atom. The molecule has 1 N–H and O–H groups in total. The summed E-state index contributed by atoms with van der Waals surface area (Å²) < 4.78 is 0. The summed E-state index contributed by atoms with van der Waals surface area (Å²) in [5.41, 5.74) is 5.06. The SMILES string of the molecule is CC(=O)c1ccc(Nc2nc(-c3ccc(C(C)C)cc3)cs2)cc1. The largest absolute Gasteiger partial charge is 0.332 e. The highest BCUT2D eigenvalue weighted by Gasteiger charge is 2.06. The molecule has 3 rings (SSSR count). The molecule has 0 atom stereocenters. The molecule has 1 heterocycles. The molecule has 0 aliphatic rings. The lowest BCUT2D eigenvalue weighted by molar-refractivity contribution is 0.101. The number of ketones is 1. The minimum absolute atomic E-state index is 0.0722. The molecule has 0 saturated heterocycles. The van der Waals surface area contributed by atoms with Gasteiger partial charge < -0.3 is 5.32 Å². The zero-order valence-electron chi connectivity index (χ0n) is 14.0. The van der Waals surface area contributed by atoms with Gasteiger partial charge in [-0.25, -0.2) is 4.98 Å². The van der Waals surface area contributed by atoms with Gasteiger partial charge in [0.2, 0.25) is 0 Å². The average molecular weight is 336 g/mol. The van der Waals surface area contributed by atoms with E-state index >= 15 is 0 Å². The average Bonchev–Trinajstić information content (AvgIpc) is 3.04. The molecule has 0 fully saturated rings. The summed E-state index contributed by atoms with van der Waals surface area (Å²) in [4.78, 5) is 16.0. The zero-order chi connectivity index (χ0) is 17.1. The summed E-state index contributed by atoms with van der Waals surface area (Å²) >= 11 is 1.57. The van der Waals surface area contributed by atoms with Gasteiger partial charge in [0.1, 0.15) is 0 Å². The maximum Gasteiger partial charge on any atom is 0.187 e. The Morgan fingerprint density at radius 2 is 1.71 bits per heavy atom. The number of hydrogen-bond donors (Lipinski definition) is 1. The third-order valence-electron chi connectivity index (χ3n) is 3.92. The molecule has 0 amide bonds. The number of carbonyl (C=O) groups excluding carboxylic acids is 1. The van der Waals surface area contributed by atoms with E-state index in [0.717, 1.165) is 22.1 Å². The van der Waals surface area contributed by atoms with Gasteiger partial charge in [-0.3, -0.25) is 4.79 Å². The molecule has 0 aliphatic carbocycles. The fraction of sp³-hybridized carbons (Fsp3) is 0.200. The highest BCUT2D eigenvalue weighted by molar-refractivity contribution is 7.14. The van der Waals surface area contributed by atoms with Crippen LogP contribution >= 0.6 is 11.3 Å². The quantitative estimate of drug-likeness (QED) is 0.592. The van der Waals surface area contributed by atoms with E-state index in [0.29, 0.717) is 11.5 Å². The molecule has 0 radical (unpaired) electrons. The predicted octanol–water partition coefficient (Wildman–Crippen LogP) is 5.88. The third kappa shape index (κ3) is 3.71. The number of thiazole rings is 1. The van der Waals surface area contributed by atoms with Crippen molar-refractivity contribution in [3.63, 3.8) is 0 Å². The van der Waals surface area contributed by atoms with E-state index in [-0.39, 0.29) is 5.78 Å². The van der Waals surface area contributed by atoms with Crippen LogP contribution in [0, 0.1) is 0 Å². The number of anilines is 2. The molecule has 0 unspecified atom stereocenters. The van der Waals surface area contributed by atoms with Crippen molar-refractivity contribution < 1.29 is 4.79 Å². The van der Waals surface area contributed by atoms with Crippen molar-refractivity contribution in [1.82, 2.24) is 4.98 Å². The number of benzene rings is 2. The van der Waals surface area contributed by atoms with Crippen molar-refractivity contribution in [3.05, 3.63) is 65.0 Å². The summed E-state index contributed by atoms with van der Waals surface area (Å²) in [6.07, 6.45) is 0. The van der Waals surface area contributed by atoms with Crippen molar-refractivity contribution in [3.8, 4) is 11.3 Å². The Bertz CT molecular complexity index is 833. The molecule has 0 spiro atoms. The lowest BCUT2D eigenvalue weighted by Crippen LogP contribution is -1.93. The monoisotopic (exact) mass is 336 g/mol. The second kappa shape index (κ2) is 6.97. The second-order valence-electron chi connectivity index (χ2n) is 6.07. The van der Waals surface area contributed by atoms with E-state index in [1.54, 1.807) is 18.3 Å². The van der Waals surface area contributed by atoms with E-state index in [4.69, 9.17) is 0 Å². The third-order valence-corrected chi connectivity index (χ3v) is 4.68. The van der Waals surface area contributed by atoms with E-state index < -0.39 is 0 Å². The van der Waals surface area contributed by atoms with Gasteiger partial charge in [0.15, 0.2) is 10.9 Å². The Balaban J connectivity index is 1.74. The Kier molecular flexibility index (Phi) is 4.76. The molecule has 0 aliphatic heterocycles. The fourth-order valence-corrected chi connectivity index (χ4v) is 3.15. The smallest absolute Gasteiger partial charge is 0.187 e. The first-order valence-electron chi connectivity index (χ1n) is 7.97. The molecule has 3 aromatic rings. The highest BCUT2D eigenvalue weighted by atomic mass is 32.1. The first kappa shape index (κ1) is 16.4. The van der Waals surface area contributed by atoms with Gasteiger partial charge in [-0.1, -0.05) is 38.1 Å². The van der Waals surface area contributed by atoms with Crippen LogP contribution in [0.5, 0.6) is 0 Å². The molecular weight excluding hydrogens is 316 g/mol. The van der Waals surface area contributed by atoms with Crippen molar-refractivity contribution in [2.45, 2.75) is 26.7 Å². The van der Waals surface area contributed by atoms with Gasteiger partial charge in [-0.05, 0) is 42.7 Å². The second-order valence-corrected chi connectivity index (χ2v) is 6.93. The summed E-state index contributed by atoms with van der Waals surface area (Å²) in [5.74, 6) is 0.604. The molecule has 2 aromatic carbocycles. The van der Waals surface area contributed by atoms with Gasteiger partial charge in [-0.2, -0.15) is 0 Å². The Morgan fingerprint density at radius 1 is 1.04 bits per heavy atom. The van der Waals surface area contributed by atoms with Crippen LogP contribution in [0.2, 0.25) is 0 Å². The van der Waals surface area contributed by atoms with Gasteiger partial charge in [-0.15, -0.1) is 11.3 Å². The van der Waals surface area contributed by atoms with Crippen molar-refractivity contribution in [2.75, 3.05) is 5.32 Å². The molecule has 3 nitrogen and oxygen atoms in total. The molecule has 1 aromatic heterocycles. The molecule has 0 saturated carbocycles. The Hall–Kier alpha value is -2.46. The van der Waals surface area contributed by atoms with E-state index in [1.165, 1.54) is 5.56 Å². The summed E-state index contributed by atoms with van der Waals surface area (Å²) in [6.45, 7) is 5.95. The van der Waals surface area contributed by atoms with Crippen LogP contribution in [0.4, 0.5) is 10.8 Å². The first-order valence-corrected chi connectivity index (χ1v) is 8.85. The maximum absolute atomic E-state index is 11.3. The number of aromatic nitrogens is 1. The van der Waals surface area contributed by atoms with Crippen molar-refractivity contribution >= 4 is 27.9 Å². The van der Waals surface area contributed by atoms with Crippen LogP contribution in [0.1, 0.15) is 42.6 Å². The summed E-state index contributed by atoms with van der Waals surface area (Å²) in [6, 6.07) is 16.0. The van der Waals surface area contributed by atoms with Crippen molar-refractivity contribution in [2.24, 2.45) is 0 Å². The van der Waals surface area contributed by atoms with Crippen molar-refractivity contribution in [1.29, 1.82) is 0 Å². The predicted molar refractivity (Wildman–Crippen MR) is 101 cm³/mol. The molecule has 24 heavy (non-hydrogen) atoms. The fourth-order valence-electron chi connectivity index (χ4n) is 2.41. The number of nitrogens with zero attached hydrogens (tertiary/aromatic N) is 1. The minimum atomic E-state index is 0.0722. The minimum Gasteiger partial charge on any atom is -0.332 e. The number of hydrogen-bond acceptors (Lipinski definition) is 4. The number of Topliss-reactive ketones (excluding diaryl/α,β-unsaturated/α-hetero) is 1. The standard InChI is InChI=1S/C20H20N2OS/c1-13(2)15-4-6-17(7-5-15)19-12-24-20(22-19)21-18-10-8-16(9-11-18)14(3)23/h4-13H,1-3H3,(H,21,22). The van der Waals surface area contributed by atoms with Gasteiger partial charge in [0.05, 0.1) is 5.69 Å². The van der Waals surface area contributed by atoms with Crippen LogP contribution in [0.15, 0.2) is 53.9 Å². The lowest BCUT2D eigenvalue weighted by atomic mass is 10.0. The van der Waals surface area contributed by atoms with E-state index in [2.05, 4.69) is 53.8 Å². The molecule has 4 heteroatoms. The zero-order valence-corrected chi connectivity index (χ0v) is 14.9. The van der Waals surface area contributed by atoms with Crippen LogP contribution in [0.25, 0.3) is 11.3 Å². The van der Waals surface area contributed by atoms with Crippen LogP contribution in [0.3, 0.4) is 0 Å². The van der Waals surface area contributed by atoms with Gasteiger partial charge >= 0.3 is 0 Å². The number of nitrogens with one attached hydrogen (secondary N) is 1. The lowest BCUT2D eigenvalue weighted by Gasteiger charge is -2.05. The van der Waals surface area contributed by atoms with Crippen LogP contribution in [-0.2, 0) is 0 Å². The first-order chi connectivity index (χ1) is 11.5. The maximum atomic E-state index is 11.3. The topological polar surface area (TPSA) is 42.0 Å². The normalized spacial score (nSPS) is 10.8. The van der Waals surface area contributed by atoms with Gasteiger partial charge in [0.25, 0.3) is 0 Å². The molecule has 122 valence electrons. The molecule has 0 bridgehead atoms. The highest BCUT2D eigenvalue weighted by Crippen LogP contribution is 2.28. The van der Waals surface area contributed by atoms with Crippen LogP contribution in [-0.4, -0.2) is 10.8 Å². The summed E-state index contributed by atoms with van der Waals surface area (Å²) in [5, 5.41) is 6.18.